The first kappa shape index (κ1) is 9.40. The second kappa shape index (κ2) is 3.20. The molecular weight excluding hydrogens is 244 g/mol. The fourth-order valence-electron chi connectivity index (χ4n) is 1.54. The van der Waals surface area contributed by atoms with E-state index in [4.69, 9.17) is 0 Å². The summed E-state index contributed by atoms with van der Waals surface area (Å²) in [5.74, 6) is 0.639. The van der Waals surface area contributed by atoms with E-state index in [2.05, 4.69) is 25.9 Å². The van der Waals surface area contributed by atoms with Crippen molar-refractivity contribution in [3.05, 3.63) is 38.3 Å². The van der Waals surface area contributed by atoms with Crippen LogP contribution in [0.2, 0.25) is 0 Å². The zero-order valence-corrected chi connectivity index (χ0v) is 9.47. The summed E-state index contributed by atoms with van der Waals surface area (Å²) in [7, 11) is 0. The number of rotatable bonds is 0. The lowest BCUT2D eigenvalue weighted by Gasteiger charge is -2.02. The highest BCUT2D eigenvalue weighted by molar-refractivity contribution is 9.10. The quantitative estimate of drug-likeness (QED) is 0.782. The number of aromatic nitrogens is 2. The van der Waals surface area contributed by atoms with Gasteiger partial charge in [-0.3, -0.25) is 4.79 Å². The van der Waals surface area contributed by atoms with E-state index in [1.54, 1.807) is 6.92 Å². The first-order valence-electron chi connectivity index (χ1n) is 4.25. The number of aromatic amines is 1. The number of benzene rings is 1. The molecule has 1 aromatic heterocycles. The van der Waals surface area contributed by atoms with E-state index in [1.165, 1.54) is 0 Å². The van der Waals surface area contributed by atoms with Crippen molar-refractivity contribution in [2.45, 2.75) is 13.8 Å². The van der Waals surface area contributed by atoms with Crippen molar-refractivity contribution in [1.29, 1.82) is 0 Å². The lowest BCUT2D eigenvalue weighted by Crippen LogP contribution is -2.10. The largest absolute Gasteiger partial charge is 0.310 e. The lowest BCUT2D eigenvalue weighted by molar-refractivity contribution is 1.06. The molecule has 0 amide bonds. The highest BCUT2D eigenvalue weighted by atomic mass is 79.9. The molecular formula is C10H9BrN2O. The number of hydrogen-bond acceptors (Lipinski definition) is 2. The summed E-state index contributed by atoms with van der Waals surface area (Å²) in [5, 5.41) is 0.666. The Morgan fingerprint density at radius 2 is 2.07 bits per heavy atom. The molecule has 0 spiro atoms. The van der Waals surface area contributed by atoms with E-state index in [0.29, 0.717) is 11.2 Å². The van der Waals surface area contributed by atoms with E-state index < -0.39 is 0 Å². The van der Waals surface area contributed by atoms with E-state index in [-0.39, 0.29) is 5.56 Å². The van der Waals surface area contributed by atoms with Crippen LogP contribution in [0, 0.1) is 13.8 Å². The molecule has 1 aromatic carbocycles. The molecule has 0 atom stereocenters. The van der Waals surface area contributed by atoms with Gasteiger partial charge in [0.25, 0.3) is 5.56 Å². The number of hydrogen-bond donors (Lipinski definition) is 1. The molecule has 0 saturated heterocycles. The molecule has 0 fully saturated rings. The van der Waals surface area contributed by atoms with Crippen molar-refractivity contribution < 1.29 is 0 Å². The lowest BCUT2D eigenvalue weighted by atomic mass is 10.1. The van der Waals surface area contributed by atoms with E-state index in [9.17, 15) is 4.79 Å². The maximum Gasteiger partial charge on any atom is 0.259 e. The molecule has 72 valence electrons. The number of nitrogens with zero attached hydrogens (tertiary/aromatic N) is 1. The summed E-state index contributed by atoms with van der Waals surface area (Å²) in [6.45, 7) is 3.68. The third-order valence-corrected chi connectivity index (χ3v) is 2.55. The van der Waals surface area contributed by atoms with Gasteiger partial charge in [-0.05, 0) is 31.5 Å². The van der Waals surface area contributed by atoms with Gasteiger partial charge in [0.05, 0.1) is 10.9 Å². The summed E-state index contributed by atoms with van der Waals surface area (Å²) in [6, 6.07) is 3.76. The maximum atomic E-state index is 11.6. The van der Waals surface area contributed by atoms with Crippen LogP contribution in [0.3, 0.4) is 0 Å². The molecule has 0 aliphatic heterocycles. The standard InChI is InChI=1S/C10H9BrN2O/c1-5-3-7(11)4-8-9(5)10(14)13-6(2)12-8/h3-4H,1-2H3,(H,12,13,14). The molecule has 4 heteroatoms. The Bertz CT molecular complexity index is 555. The normalized spacial score (nSPS) is 10.8. The monoisotopic (exact) mass is 252 g/mol. The molecule has 0 unspecified atom stereocenters. The van der Waals surface area contributed by atoms with Crippen molar-refractivity contribution in [2.24, 2.45) is 0 Å². The fraction of sp³-hybridized carbons (Fsp3) is 0.200. The average molecular weight is 253 g/mol. The van der Waals surface area contributed by atoms with Crippen LogP contribution in [0.25, 0.3) is 10.9 Å². The van der Waals surface area contributed by atoms with Gasteiger partial charge in [-0.1, -0.05) is 15.9 Å². The third-order valence-electron chi connectivity index (χ3n) is 2.09. The first-order valence-corrected chi connectivity index (χ1v) is 5.04. The second-order valence-electron chi connectivity index (χ2n) is 3.27. The average Bonchev–Trinajstić information content (AvgIpc) is 1.99. The van der Waals surface area contributed by atoms with Crippen molar-refractivity contribution >= 4 is 26.8 Å². The molecule has 1 N–H and O–H groups in total. The van der Waals surface area contributed by atoms with Crippen molar-refractivity contribution in [3.63, 3.8) is 0 Å². The van der Waals surface area contributed by atoms with Gasteiger partial charge in [0, 0.05) is 4.47 Å². The van der Waals surface area contributed by atoms with Crippen LogP contribution < -0.4 is 5.56 Å². The van der Waals surface area contributed by atoms with Crippen molar-refractivity contribution in [1.82, 2.24) is 9.97 Å². The van der Waals surface area contributed by atoms with Gasteiger partial charge >= 0.3 is 0 Å². The number of H-pyrrole nitrogens is 1. The van der Waals surface area contributed by atoms with E-state index in [0.717, 1.165) is 15.6 Å². The fourth-order valence-corrected chi connectivity index (χ4v) is 2.10. The Morgan fingerprint density at radius 1 is 1.36 bits per heavy atom. The van der Waals surface area contributed by atoms with Crippen LogP contribution in [0.5, 0.6) is 0 Å². The zero-order valence-electron chi connectivity index (χ0n) is 7.89. The van der Waals surface area contributed by atoms with Crippen LogP contribution in [0.1, 0.15) is 11.4 Å². The van der Waals surface area contributed by atoms with E-state index >= 15 is 0 Å². The molecule has 14 heavy (non-hydrogen) atoms. The minimum Gasteiger partial charge on any atom is -0.310 e. The minimum absolute atomic E-state index is 0.0718. The molecule has 2 rings (SSSR count). The molecule has 0 aliphatic rings. The molecule has 1 heterocycles. The third kappa shape index (κ3) is 1.46. The van der Waals surface area contributed by atoms with Gasteiger partial charge < -0.3 is 4.98 Å². The van der Waals surface area contributed by atoms with Gasteiger partial charge in [-0.15, -0.1) is 0 Å². The summed E-state index contributed by atoms with van der Waals surface area (Å²) < 4.78 is 0.944. The first-order chi connectivity index (χ1) is 6.58. The van der Waals surface area contributed by atoms with Crippen LogP contribution in [-0.4, -0.2) is 9.97 Å². The summed E-state index contributed by atoms with van der Waals surface area (Å²) in [4.78, 5) is 18.6. The topological polar surface area (TPSA) is 45.8 Å². The second-order valence-corrected chi connectivity index (χ2v) is 4.18. The Hall–Kier alpha value is -1.16. The van der Waals surface area contributed by atoms with Crippen molar-refractivity contribution in [3.8, 4) is 0 Å². The Labute approximate surface area is 89.3 Å². The zero-order chi connectivity index (χ0) is 10.3. The van der Waals surface area contributed by atoms with Gasteiger partial charge in [0.2, 0.25) is 0 Å². The van der Waals surface area contributed by atoms with Gasteiger partial charge in [0.1, 0.15) is 5.82 Å². The summed E-state index contributed by atoms with van der Waals surface area (Å²) in [6.07, 6.45) is 0. The highest BCUT2D eigenvalue weighted by Gasteiger charge is 2.05. The Morgan fingerprint density at radius 3 is 2.79 bits per heavy atom. The SMILES string of the molecule is Cc1nc2cc(Br)cc(C)c2c(=O)[nH]1. The van der Waals surface area contributed by atoms with Crippen LogP contribution in [0.15, 0.2) is 21.4 Å². The summed E-state index contributed by atoms with van der Waals surface area (Å²) >= 11 is 3.38. The predicted molar refractivity (Wildman–Crippen MR) is 59.5 cm³/mol. The van der Waals surface area contributed by atoms with Crippen molar-refractivity contribution in [2.75, 3.05) is 0 Å². The minimum atomic E-state index is -0.0718. The Balaban J connectivity index is 3.02. The molecule has 3 nitrogen and oxygen atoms in total. The molecule has 0 bridgehead atoms. The molecule has 0 aliphatic carbocycles. The smallest absolute Gasteiger partial charge is 0.259 e. The van der Waals surface area contributed by atoms with E-state index in [1.807, 2.05) is 19.1 Å². The van der Waals surface area contributed by atoms with Gasteiger partial charge in [-0.25, -0.2) is 4.98 Å². The Kier molecular flexibility index (Phi) is 2.15. The van der Waals surface area contributed by atoms with Crippen LogP contribution in [-0.2, 0) is 0 Å². The van der Waals surface area contributed by atoms with Crippen LogP contribution >= 0.6 is 15.9 Å². The summed E-state index contributed by atoms with van der Waals surface area (Å²) in [5.41, 5.74) is 1.60. The van der Waals surface area contributed by atoms with Gasteiger partial charge in [0.15, 0.2) is 0 Å². The predicted octanol–water partition coefficient (Wildman–Crippen LogP) is 2.30. The number of halogens is 1. The van der Waals surface area contributed by atoms with Gasteiger partial charge in [-0.2, -0.15) is 0 Å². The highest BCUT2D eigenvalue weighted by Crippen LogP contribution is 2.19. The molecule has 0 saturated carbocycles. The molecule has 2 aromatic rings. The number of fused-ring (bicyclic) bond motifs is 1. The maximum absolute atomic E-state index is 11.6. The number of nitrogens with one attached hydrogen (secondary N) is 1. The molecule has 0 radical (unpaired) electrons. The van der Waals surface area contributed by atoms with Crippen LogP contribution in [0.4, 0.5) is 0 Å². The number of aryl methyl sites for hydroxylation is 2.